The zero-order valence-electron chi connectivity index (χ0n) is 14.8. The fourth-order valence-corrected chi connectivity index (χ4v) is 3.21. The van der Waals surface area contributed by atoms with Crippen molar-refractivity contribution in [2.24, 2.45) is 0 Å². The predicted molar refractivity (Wildman–Crippen MR) is 98.0 cm³/mol. The minimum Gasteiger partial charge on any atom is -0.378 e. The maximum Gasteiger partial charge on any atom is 0.0887 e. The third kappa shape index (κ3) is 3.36. The van der Waals surface area contributed by atoms with E-state index in [0.717, 1.165) is 18.8 Å². The van der Waals surface area contributed by atoms with Crippen molar-refractivity contribution in [2.45, 2.75) is 39.0 Å². The van der Waals surface area contributed by atoms with Crippen LogP contribution in [0, 0.1) is 0 Å². The van der Waals surface area contributed by atoms with E-state index in [-0.39, 0.29) is 0 Å². The van der Waals surface area contributed by atoms with Crippen molar-refractivity contribution in [3.63, 3.8) is 0 Å². The van der Waals surface area contributed by atoms with Crippen LogP contribution in [0.15, 0.2) is 30.5 Å². The van der Waals surface area contributed by atoms with Gasteiger partial charge in [-0.2, -0.15) is 5.10 Å². The Kier molecular flexibility index (Phi) is 4.60. The lowest BCUT2D eigenvalue weighted by Crippen LogP contribution is -2.29. The van der Waals surface area contributed by atoms with Gasteiger partial charge in [0.25, 0.3) is 0 Å². The molecule has 23 heavy (non-hydrogen) atoms. The van der Waals surface area contributed by atoms with Crippen molar-refractivity contribution in [3.8, 4) is 5.69 Å². The van der Waals surface area contributed by atoms with E-state index in [9.17, 15) is 0 Å². The Balaban J connectivity index is 1.98. The number of benzene rings is 1. The molecule has 0 saturated carbocycles. The molecule has 4 heteroatoms. The summed E-state index contributed by atoms with van der Waals surface area (Å²) in [5.41, 5.74) is 4.85. The summed E-state index contributed by atoms with van der Waals surface area (Å²) in [4.78, 5) is 4.64. The molecule has 1 aromatic heterocycles. The second-order valence-electron chi connectivity index (χ2n) is 6.96. The fourth-order valence-electron chi connectivity index (χ4n) is 3.21. The Morgan fingerprint density at radius 2 is 1.83 bits per heavy atom. The van der Waals surface area contributed by atoms with Gasteiger partial charge in [0.05, 0.1) is 23.3 Å². The van der Waals surface area contributed by atoms with Crippen LogP contribution in [0.4, 0.5) is 11.4 Å². The Morgan fingerprint density at radius 1 is 1.09 bits per heavy atom. The average Bonchev–Trinajstić information content (AvgIpc) is 3.01. The molecule has 1 aliphatic rings. The van der Waals surface area contributed by atoms with Crippen LogP contribution in [-0.4, -0.2) is 37.0 Å². The second kappa shape index (κ2) is 6.65. The minimum atomic E-state index is 0.435. The molecule has 1 saturated heterocycles. The summed E-state index contributed by atoms with van der Waals surface area (Å²) in [6, 6.07) is 8.55. The van der Waals surface area contributed by atoms with E-state index in [4.69, 9.17) is 5.10 Å². The minimum absolute atomic E-state index is 0.435. The van der Waals surface area contributed by atoms with E-state index in [1.165, 1.54) is 36.3 Å². The van der Waals surface area contributed by atoms with Crippen molar-refractivity contribution < 1.29 is 0 Å². The summed E-state index contributed by atoms with van der Waals surface area (Å²) in [5, 5.41) is 4.91. The van der Waals surface area contributed by atoms with Gasteiger partial charge in [0.1, 0.15) is 0 Å². The zero-order valence-corrected chi connectivity index (χ0v) is 14.8. The molecule has 3 rings (SSSR count). The van der Waals surface area contributed by atoms with E-state index in [2.05, 4.69) is 68.2 Å². The average molecular weight is 312 g/mol. The second-order valence-corrected chi connectivity index (χ2v) is 6.96. The number of hydrogen-bond donors (Lipinski definition) is 0. The van der Waals surface area contributed by atoms with Gasteiger partial charge in [-0.05, 0) is 43.4 Å². The lowest BCUT2D eigenvalue weighted by atomic mass is 10.1. The van der Waals surface area contributed by atoms with Crippen molar-refractivity contribution in [1.82, 2.24) is 9.78 Å². The van der Waals surface area contributed by atoms with Gasteiger partial charge in [0.2, 0.25) is 0 Å². The topological polar surface area (TPSA) is 24.3 Å². The van der Waals surface area contributed by atoms with Gasteiger partial charge in [-0.25, -0.2) is 4.68 Å². The van der Waals surface area contributed by atoms with E-state index in [1.807, 2.05) is 4.68 Å². The molecule has 1 aliphatic heterocycles. The summed E-state index contributed by atoms with van der Waals surface area (Å²) < 4.78 is 2.05. The van der Waals surface area contributed by atoms with Gasteiger partial charge >= 0.3 is 0 Å². The molecule has 1 fully saturated rings. The third-order valence-electron chi connectivity index (χ3n) is 4.58. The Bertz CT molecular complexity index is 651. The number of hydrogen-bond acceptors (Lipinski definition) is 3. The molecule has 1 aromatic carbocycles. The van der Waals surface area contributed by atoms with Gasteiger partial charge < -0.3 is 9.80 Å². The first-order valence-corrected chi connectivity index (χ1v) is 8.68. The first-order chi connectivity index (χ1) is 11.1. The molecule has 0 radical (unpaired) electrons. The van der Waals surface area contributed by atoms with Gasteiger partial charge in [-0.1, -0.05) is 19.9 Å². The molecule has 0 N–H and O–H groups in total. The molecule has 0 aliphatic carbocycles. The van der Waals surface area contributed by atoms with E-state index >= 15 is 0 Å². The number of rotatable bonds is 4. The van der Waals surface area contributed by atoms with E-state index in [1.54, 1.807) is 0 Å². The van der Waals surface area contributed by atoms with Gasteiger partial charge in [-0.3, -0.25) is 0 Å². The molecule has 0 amide bonds. The van der Waals surface area contributed by atoms with Crippen LogP contribution in [0.3, 0.4) is 0 Å². The third-order valence-corrected chi connectivity index (χ3v) is 4.58. The van der Waals surface area contributed by atoms with E-state index in [0.29, 0.717) is 5.92 Å². The van der Waals surface area contributed by atoms with E-state index < -0.39 is 0 Å². The zero-order chi connectivity index (χ0) is 16.4. The predicted octanol–water partition coefficient (Wildman–Crippen LogP) is 4.05. The molecule has 124 valence electrons. The summed E-state index contributed by atoms with van der Waals surface area (Å²) >= 11 is 0. The van der Waals surface area contributed by atoms with Crippen molar-refractivity contribution in [3.05, 3.63) is 36.2 Å². The van der Waals surface area contributed by atoms with Crippen molar-refractivity contribution in [2.75, 3.05) is 37.0 Å². The fraction of sp³-hybridized carbons (Fsp3) is 0.526. The van der Waals surface area contributed by atoms with Crippen LogP contribution in [0.1, 0.15) is 44.7 Å². The molecular formula is C19H28N4. The highest BCUT2D eigenvalue weighted by molar-refractivity contribution is 5.56. The van der Waals surface area contributed by atoms with Crippen LogP contribution in [0.5, 0.6) is 0 Å². The largest absolute Gasteiger partial charge is 0.378 e. The van der Waals surface area contributed by atoms with Crippen LogP contribution < -0.4 is 9.80 Å². The highest BCUT2D eigenvalue weighted by Gasteiger charge is 2.20. The molecule has 0 spiro atoms. The maximum absolute atomic E-state index is 4.91. The summed E-state index contributed by atoms with van der Waals surface area (Å²) in [6.45, 7) is 6.78. The summed E-state index contributed by atoms with van der Waals surface area (Å²) in [6.07, 6.45) is 6.15. The van der Waals surface area contributed by atoms with Gasteiger partial charge in [0, 0.05) is 32.9 Å². The molecule has 0 bridgehead atoms. The molecule has 2 heterocycles. The lowest BCUT2D eigenvalue weighted by molar-refractivity contribution is 0.575. The number of anilines is 2. The van der Waals surface area contributed by atoms with Crippen LogP contribution in [-0.2, 0) is 0 Å². The molecule has 2 aromatic rings. The summed E-state index contributed by atoms with van der Waals surface area (Å²) in [7, 11) is 4.14. The van der Waals surface area contributed by atoms with Crippen molar-refractivity contribution in [1.29, 1.82) is 0 Å². The Hall–Kier alpha value is -1.97. The Morgan fingerprint density at radius 3 is 2.48 bits per heavy atom. The highest BCUT2D eigenvalue weighted by Crippen LogP contribution is 2.30. The molecule has 0 unspecified atom stereocenters. The first-order valence-electron chi connectivity index (χ1n) is 8.68. The van der Waals surface area contributed by atoms with Crippen LogP contribution >= 0.6 is 0 Å². The maximum atomic E-state index is 4.91. The van der Waals surface area contributed by atoms with Crippen LogP contribution in [0.25, 0.3) is 5.69 Å². The first kappa shape index (κ1) is 15.9. The standard InChI is InChI=1S/C19H28N4/c1-15(2)19-18(22-11-6-5-7-12-22)14-23(20-19)17-10-8-9-16(13-17)21(3)4/h8-10,13-15H,5-7,11-12H2,1-4H3. The monoisotopic (exact) mass is 312 g/mol. The quantitative estimate of drug-likeness (QED) is 0.851. The number of aromatic nitrogens is 2. The smallest absolute Gasteiger partial charge is 0.0887 e. The van der Waals surface area contributed by atoms with Gasteiger partial charge in [0.15, 0.2) is 0 Å². The molecule has 4 nitrogen and oxygen atoms in total. The molecular weight excluding hydrogens is 284 g/mol. The number of nitrogens with zero attached hydrogens (tertiary/aromatic N) is 4. The normalized spacial score (nSPS) is 15.3. The van der Waals surface area contributed by atoms with Crippen LogP contribution in [0.2, 0.25) is 0 Å². The lowest BCUT2D eigenvalue weighted by Gasteiger charge is -2.28. The SMILES string of the molecule is CC(C)c1nn(-c2cccc(N(C)C)c2)cc1N1CCCCC1. The Labute approximate surface area is 139 Å². The van der Waals surface area contributed by atoms with Gasteiger partial charge in [-0.15, -0.1) is 0 Å². The highest BCUT2D eigenvalue weighted by atomic mass is 15.3. The molecule has 0 atom stereocenters. The number of piperidine rings is 1. The van der Waals surface area contributed by atoms with Crippen molar-refractivity contribution >= 4 is 11.4 Å². The summed E-state index contributed by atoms with van der Waals surface area (Å²) in [5.74, 6) is 0.435.